The van der Waals surface area contributed by atoms with Crippen LogP contribution in [0.5, 0.6) is 0 Å². The van der Waals surface area contributed by atoms with Crippen molar-refractivity contribution in [2.75, 3.05) is 13.1 Å². The van der Waals surface area contributed by atoms with Crippen molar-refractivity contribution < 1.29 is 14.7 Å². The number of carboxylic acid groups (broad SMARTS) is 1. The van der Waals surface area contributed by atoms with E-state index in [9.17, 15) is 14.9 Å². The van der Waals surface area contributed by atoms with Crippen molar-refractivity contribution in [3.05, 3.63) is 47.7 Å². The largest absolute Gasteiger partial charge is 0.481 e. The van der Waals surface area contributed by atoms with E-state index in [2.05, 4.69) is 5.32 Å². The summed E-state index contributed by atoms with van der Waals surface area (Å²) < 4.78 is 0. The summed E-state index contributed by atoms with van der Waals surface area (Å²) in [5.74, 6) is -1.58. The predicted octanol–water partition coefficient (Wildman–Crippen LogP) is 2.07. The Morgan fingerprint density at radius 1 is 1.33 bits per heavy atom. The van der Waals surface area contributed by atoms with E-state index < -0.39 is 11.9 Å². The van der Waals surface area contributed by atoms with Gasteiger partial charge in [0.15, 0.2) is 0 Å². The number of nitrogens with one attached hydrogen (secondary N) is 1. The molecule has 1 atom stereocenters. The first kappa shape index (κ1) is 17.5. The van der Waals surface area contributed by atoms with Gasteiger partial charge in [-0.05, 0) is 25.3 Å². The SMILES string of the molecule is CC(N/C=C(/C#N)C(=O)N1CCC(C(=O)O)CC1)c1ccccc1. The third-order valence-corrected chi connectivity index (χ3v) is 4.26. The lowest BCUT2D eigenvalue weighted by atomic mass is 9.97. The number of rotatable bonds is 5. The van der Waals surface area contributed by atoms with Crippen molar-refractivity contribution in [1.29, 1.82) is 5.26 Å². The average Bonchev–Trinajstić information content (AvgIpc) is 2.62. The number of carboxylic acids is 1. The maximum atomic E-state index is 12.4. The molecule has 0 saturated carbocycles. The molecule has 0 bridgehead atoms. The molecule has 0 spiro atoms. The van der Waals surface area contributed by atoms with Crippen LogP contribution in [0.25, 0.3) is 0 Å². The van der Waals surface area contributed by atoms with Crippen molar-refractivity contribution >= 4 is 11.9 Å². The van der Waals surface area contributed by atoms with Gasteiger partial charge in [-0.2, -0.15) is 5.26 Å². The monoisotopic (exact) mass is 327 g/mol. The third-order valence-electron chi connectivity index (χ3n) is 4.26. The second kappa shape index (κ2) is 8.16. The van der Waals surface area contributed by atoms with Gasteiger partial charge in [-0.25, -0.2) is 0 Å². The van der Waals surface area contributed by atoms with E-state index in [1.54, 1.807) is 4.90 Å². The van der Waals surface area contributed by atoms with Crippen LogP contribution in [-0.4, -0.2) is 35.0 Å². The van der Waals surface area contributed by atoms with Crippen molar-refractivity contribution in [1.82, 2.24) is 10.2 Å². The molecule has 0 radical (unpaired) electrons. The number of piperidine rings is 1. The summed E-state index contributed by atoms with van der Waals surface area (Å²) in [5.41, 5.74) is 1.09. The summed E-state index contributed by atoms with van der Waals surface area (Å²) in [4.78, 5) is 24.9. The van der Waals surface area contributed by atoms with E-state index in [0.717, 1.165) is 5.56 Å². The van der Waals surface area contributed by atoms with Gasteiger partial charge in [-0.1, -0.05) is 30.3 Å². The van der Waals surface area contributed by atoms with Crippen LogP contribution in [0, 0.1) is 17.2 Å². The number of nitriles is 1. The normalized spacial score (nSPS) is 17.0. The minimum Gasteiger partial charge on any atom is -0.481 e. The Labute approximate surface area is 141 Å². The van der Waals surface area contributed by atoms with Crippen LogP contribution in [0.15, 0.2) is 42.1 Å². The molecular formula is C18H21N3O3. The van der Waals surface area contributed by atoms with Gasteiger partial charge in [0.25, 0.3) is 5.91 Å². The first-order valence-corrected chi connectivity index (χ1v) is 7.96. The van der Waals surface area contributed by atoms with Gasteiger partial charge in [0.1, 0.15) is 11.6 Å². The minimum atomic E-state index is -0.823. The lowest BCUT2D eigenvalue weighted by Gasteiger charge is -2.29. The van der Waals surface area contributed by atoms with Crippen molar-refractivity contribution in [3.8, 4) is 6.07 Å². The third kappa shape index (κ3) is 4.35. The zero-order chi connectivity index (χ0) is 17.5. The topological polar surface area (TPSA) is 93.4 Å². The van der Waals surface area contributed by atoms with E-state index in [1.807, 2.05) is 43.3 Å². The van der Waals surface area contributed by atoms with E-state index in [1.165, 1.54) is 6.20 Å². The lowest BCUT2D eigenvalue weighted by Crippen LogP contribution is -2.41. The molecule has 1 unspecified atom stereocenters. The van der Waals surface area contributed by atoms with Gasteiger partial charge < -0.3 is 15.3 Å². The van der Waals surface area contributed by atoms with Crippen molar-refractivity contribution in [2.45, 2.75) is 25.8 Å². The Morgan fingerprint density at radius 3 is 2.50 bits per heavy atom. The quantitative estimate of drug-likeness (QED) is 0.638. The first-order chi connectivity index (χ1) is 11.5. The van der Waals surface area contributed by atoms with Gasteiger partial charge in [-0.3, -0.25) is 9.59 Å². The Morgan fingerprint density at radius 2 is 1.96 bits per heavy atom. The summed E-state index contributed by atoms with van der Waals surface area (Å²) in [7, 11) is 0. The predicted molar refractivity (Wildman–Crippen MR) is 88.6 cm³/mol. The smallest absolute Gasteiger partial charge is 0.306 e. The van der Waals surface area contributed by atoms with E-state index >= 15 is 0 Å². The van der Waals surface area contributed by atoms with Gasteiger partial charge >= 0.3 is 5.97 Å². The highest BCUT2D eigenvalue weighted by molar-refractivity contribution is 5.97. The number of aliphatic carboxylic acids is 1. The number of hydrogen-bond donors (Lipinski definition) is 2. The summed E-state index contributed by atoms with van der Waals surface area (Å²) in [6.07, 6.45) is 2.30. The zero-order valence-corrected chi connectivity index (χ0v) is 13.6. The van der Waals surface area contributed by atoms with Crippen molar-refractivity contribution in [3.63, 3.8) is 0 Å². The summed E-state index contributed by atoms with van der Waals surface area (Å²) in [6, 6.07) is 11.6. The fraction of sp³-hybridized carbons (Fsp3) is 0.389. The van der Waals surface area contributed by atoms with Crippen LogP contribution < -0.4 is 5.32 Å². The zero-order valence-electron chi connectivity index (χ0n) is 13.6. The molecular weight excluding hydrogens is 306 g/mol. The molecule has 0 aliphatic carbocycles. The summed E-state index contributed by atoms with van der Waals surface area (Å²) in [6.45, 7) is 2.68. The highest BCUT2D eigenvalue weighted by Gasteiger charge is 2.28. The highest BCUT2D eigenvalue weighted by atomic mass is 16.4. The molecule has 1 aliphatic rings. The molecule has 24 heavy (non-hydrogen) atoms. The fourth-order valence-corrected chi connectivity index (χ4v) is 2.69. The molecule has 1 fully saturated rings. The van der Waals surface area contributed by atoms with Crippen LogP contribution in [0.3, 0.4) is 0 Å². The minimum absolute atomic E-state index is 0.0277. The Bertz CT molecular complexity index is 656. The van der Waals surface area contributed by atoms with Gasteiger partial charge in [0.05, 0.1) is 5.92 Å². The fourth-order valence-electron chi connectivity index (χ4n) is 2.69. The molecule has 2 N–H and O–H groups in total. The number of hydrogen-bond acceptors (Lipinski definition) is 4. The van der Waals surface area contributed by atoms with Crippen molar-refractivity contribution in [2.24, 2.45) is 5.92 Å². The number of carbonyl (C=O) groups excluding carboxylic acids is 1. The second-order valence-corrected chi connectivity index (χ2v) is 5.87. The molecule has 0 aromatic heterocycles. The first-order valence-electron chi connectivity index (χ1n) is 7.96. The number of benzene rings is 1. The van der Waals surface area contributed by atoms with Gasteiger partial charge in [0, 0.05) is 25.3 Å². The lowest BCUT2D eigenvalue weighted by molar-refractivity contribution is -0.145. The molecule has 1 aliphatic heterocycles. The molecule has 1 saturated heterocycles. The van der Waals surface area contributed by atoms with Crippen LogP contribution in [0.4, 0.5) is 0 Å². The van der Waals surface area contributed by atoms with Crippen LogP contribution in [0.1, 0.15) is 31.4 Å². The van der Waals surface area contributed by atoms with Crippen LogP contribution >= 0.6 is 0 Å². The molecule has 6 heteroatoms. The number of nitrogens with zero attached hydrogens (tertiary/aromatic N) is 2. The Kier molecular flexibility index (Phi) is 5.96. The van der Waals surface area contributed by atoms with Crippen LogP contribution in [0.2, 0.25) is 0 Å². The number of amides is 1. The maximum Gasteiger partial charge on any atom is 0.306 e. The molecule has 1 amide bonds. The molecule has 2 rings (SSSR count). The Balaban J connectivity index is 1.97. The van der Waals surface area contributed by atoms with E-state index in [0.29, 0.717) is 25.9 Å². The summed E-state index contributed by atoms with van der Waals surface area (Å²) >= 11 is 0. The molecule has 6 nitrogen and oxygen atoms in total. The standard InChI is InChI=1S/C18H21N3O3/c1-13(14-5-3-2-4-6-14)20-12-16(11-19)17(22)21-9-7-15(8-10-21)18(23)24/h2-6,12-13,15,20H,7-10H2,1H3,(H,23,24)/b16-12-. The van der Waals surface area contributed by atoms with E-state index in [4.69, 9.17) is 5.11 Å². The number of likely N-dealkylation sites (tertiary alicyclic amines) is 1. The van der Waals surface area contributed by atoms with Gasteiger partial charge in [-0.15, -0.1) is 0 Å². The molecule has 1 heterocycles. The second-order valence-electron chi connectivity index (χ2n) is 5.87. The molecule has 126 valence electrons. The molecule has 1 aromatic carbocycles. The highest BCUT2D eigenvalue weighted by Crippen LogP contribution is 2.19. The Hall–Kier alpha value is -2.81. The van der Waals surface area contributed by atoms with E-state index in [-0.39, 0.29) is 17.5 Å². The average molecular weight is 327 g/mol. The maximum absolute atomic E-state index is 12.4. The molecule has 1 aromatic rings. The van der Waals surface area contributed by atoms with Gasteiger partial charge in [0.2, 0.25) is 0 Å². The summed E-state index contributed by atoms with van der Waals surface area (Å²) in [5, 5.41) is 21.3. The van der Waals surface area contributed by atoms with Crippen LogP contribution in [-0.2, 0) is 9.59 Å². The number of carbonyl (C=O) groups is 2.